The quantitative estimate of drug-likeness (QED) is 0.621. The molecule has 1 aromatic heterocycles. The zero-order chi connectivity index (χ0) is 19.1. The van der Waals surface area contributed by atoms with E-state index in [4.69, 9.17) is 4.74 Å². The molecule has 2 aromatic rings. The van der Waals surface area contributed by atoms with Gasteiger partial charge in [0.2, 0.25) is 0 Å². The van der Waals surface area contributed by atoms with E-state index in [1.165, 1.54) is 17.4 Å². The number of rotatable bonds is 5. The molecule has 136 valence electrons. The van der Waals surface area contributed by atoms with E-state index < -0.39 is 24.5 Å². The highest BCUT2D eigenvalue weighted by atomic mass is 32.1. The molecule has 0 aliphatic rings. The number of amides is 3. The van der Waals surface area contributed by atoms with Gasteiger partial charge in [0.1, 0.15) is 0 Å². The number of anilines is 1. The number of hydrogen-bond acceptors (Lipinski definition) is 5. The summed E-state index contributed by atoms with van der Waals surface area (Å²) in [4.78, 5) is 37.1. The van der Waals surface area contributed by atoms with E-state index >= 15 is 0 Å². The molecule has 0 aliphatic heterocycles. The molecule has 0 atom stereocenters. The van der Waals surface area contributed by atoms with Gasteiger partial charge in [0, 0.05) is 21.5 Å². The van der Waals surface area contributed by atoms with Crippen molar-refractivity contribution in [2.24, 2.45) is 0 Å². The molecular formula is C19H20N2O4S. The van der Waals surface area contributed by atoms with Gasteiger partial charge in [-0.05, 0) is 62.2 Å². The predicted molar refractivity (Wildman–Crippen MR) is 102 cm³/mol. The average Bonchev–Trinajstić information content (AvgIpc) is 3.00. The molecule has 0 unspecified atom stereocenters. The Morgan fingerprint density at radius 2 is 1.85 bits per heavy atom. The molecule has 1 heterocycles. The van der Waals surface area contributed by atoms with Gasteiger partial charge in [-0.1, -0.05) is 6.07 Å². The summed E-state index contributed by atoms with van der Waals surface area (Å²) in [6.07, 6.45) is 2.86. The molecule has 2 N–H and O–H groups in total. The molecule has 0 bridgehead atoms. The standard InChI is InChI=1S/C19H20N2O4S/c1-12-4-6-15(10-13(12)2)20-19(24)21-17(22)11-25-18(23)9-8-16-7-5-14(3)26-16/h4-10H,11H2,1-3H3,(H2,20,21,22,24)/b9-8+. The smallest absolute Gasteiger partial charge is 0.331 e. The van der Waals surface area contributed by atoms with E-state index in [-0.39, 0.29) is 0 Å². The second kappa shape index (κ2) is 8.96. The van der Waals surface area contributed by atoms with Crippen molar-refractivity contribution in [3.63, 3.8) is 0 Å². The van der Waals surface area contributed by atoms with Crippen molar-refractivity contribution in [3.8, 4) is 0 Å². The fourth-order valence-corrected chi connectivity index (χ4v) is 2.80. The Morgan fingerprint density at radius 3 is 2.50 bits per heavy atom. The van der Waals surface area contributed by atoms with Gasteiger partial charge in [0.05, 0.1) is 0 Å². The van der Waals surface area contributed by atoms with Gasteiger partial charge < -0.3 is 10.1 Å². The van der Waals surface area contributed by atoms with Crippen LogP contribution < -0.4 is 10.6 Å². The topological polar surface area (TPSA) is 84.5 Å². The SMILES string of the molecule is Cc1ccc(/C=C/C(=O)OCC(=O)NC(=O)Nc2ccc(C)c(C)c2)s1. The third kappa shape index (κ3) is 6.18. The number of carbonyl (C=O) groups excluding carboxylic acids is 3. The number of thiophene rings is 1. The van der Waals surface area contributed by atoms with E-state index in [1.54, 1.807) is 18.2 Å². The summed E-state index contributed by atoms with van der Waals surface area (Å²) in [5, 5.41) is 4.66. The summed E-state index contributed by atoms with van der Waals surface area (Å²) >= 11 is 1.54. The van der Waals surface area contributed by atoms with Crippen molar-refractivity contribution in [1.29, 1.82) is 0 Å². The largest absolute Gasteiger partial charge is 0.452 e. The lowest BCUT2D eigenvalue weighted by atomic mass is 10.1. The number of aryl methyl sites for hydroxylation is 3. The Hall–Kier alpha value is -2.93. The Kier molecular flexibility index (Phi) is 6.68. The number of carbonyl (C=O) groups is 3. The van der Waals surface area contributed by atoms with Crippen molar-refractivity contribution < 1.29 is 19.1 Å². The van der Waals surface area contributed by atoms with Crippen molar-refractivity contribution >= 4 is 41.0 Å². The number of esters is 1. The minimum absolute atomic E-state index is 0.535. The summed E-state index contributed by atoms with van der Waals surface area (Å²) < 4.78 is 4.81. The summed E-state index contributed by atoms with van der Waals surface area (Å²) in [6.45, 7) is 5.32. The maximum absolute atomic E-state index is 11.8. The zero-order valence-electron chi connectivity index (χ0n) is 14.8. The lowest BCUT2D eigenvalue weighted by Gasteiger charge is -2.08. The molecule has 0 saturated carbocycles. The Balaban J connectivity index is 1.75. The first-order valence-corrected chi connectivity index (χ1v) is 8.74. The van der Waals surface area contributed by atoms with Crippen LogP contribution in [0.25, 0.3) is 6.08 Å². The second-order valence-corrected chi connectivity index (χ2v) is 7.01. The average molecular weight is 372 g/mol. The number of benzene rings is 1. The second-order valence-electron chi connectivity index (χ2n) is 5.69. The van der Waals surface area contributed by atoms with Gasteiger partial charge in [-0.15, -0.1) is 11.3 Å². The lowest BCUT2D eigenvalue weighted by Crippen LogP contribution is -2.37. The van der Waals surface area contributed by atoms with Crippen LogP contribution in [0.15, 0.2) is 36.4 Å². The van der Waals surface area contributed by atoms with Gasteiger partial charge in [0.15, 0.2) is 6.61 Å². The molecule has 6 nitrogen and oxygen atoms in total. The summed E-state index contributed by atoms with van der Waals surface area (Å²) in [6, 6.07) is 8.56. The number of ether oxygens (including phenoxy) is 1. The molecule has 0 radical (unpaired) electrons. The molecule has 2 rings (SSSR count). The Morgan fingerprint density at radius 1 is 1.08 bits per heavy atom. The van der Waals surface area contributed by atoms with Crippen molar-refractivity contribution in [2.75, 3.05) is 11.9 Å². The van der Waals surface area contributed by atoms with Gasteiger partial charge in [-0.3, -0.25) is 10.1 Å². The Labute approximate surface area is 155 Å². The maximum Gasteiger partial charge on any atom is 0.331 e. The van der Waals surface area contributed by atoms with Crippen LogP contribution >= 0.6 is 11.3 Å². The van der Waals surface area contributed by atoms with Gasteiger partial charge >= 0.3 is 12.0 Å². The molecular weight excluding hydrogens is 352 g/mol. The molecule has 0 spiro atoms. The third-order valence-corrected chi connectivity index (χ3v) is 4.47. The number of imide groups is 1. The highest BCUT2D eigenvalue weighted by Gasteiger charge is 2.10. The van der Waals surface area contributed by atoms with E-state index in [0.717, 1.165) is 20.9 Å². The maximum atomic E-state index is 11.8. The van der Waals surface area contributed by atoms with Crippen LogP contribution in [0.3, 0.4) is 0 Å². The summed E-state index contributed by atoms with van der Waals surface area (Å²) in [7, 11) is 0. The van der Waals surface area contributed by atoms with Crippen LogP contribution in [-0.2, 0) is 14.3 Å². The first-order valence-electron chi connectivity index (χ1n) is 7.93. The molecule has 0 aliphatic carbocycles. The van der Waals surface area contributed by atoms with Crippen LogP contribution in [-0.4, -0.2) is 24.5 Å². The first kappa shape index (κ1) is 19.4. The predicted octanol–water partition coefficient (Wildman–Crippen LogP) is 3.58. The Bertz CT molecular complexity index is 855. The van der Waals surface area contributed by atoms with Crippen LogP contribution in [0.4, 0.5) is 10.5 Å². The summed E-state index contributed by atoms with van der Waals surface area (Å²) in [5.74, 6) is -1.36. The summed E-state index contributed by atoms with van der Waals surface area (Å²) in [5.41, 5.74) is 2.70. The normalized spacial score (nSPS) is 10.6. The fraction of sp³-hybridized carbons (Fsp3) is 0.211. The zero-order valence-corrected chi connectivity index (χ0v) is 15.6. The number of hydrogen-bond donors (Lipinski definition) is 2. The first-order chi connectivity index (χ1) is 12.3. The van der Waals surface area contributed by atoms with Crippen LogP contribution in [0.5, 0.6) is 0 Å². The molecule has 0 saturated heterocycles. The van der Waals surface area contributed by atoms with Gasteiger partial charge in [0.25, 0.3) is 5.91 Å². The molecule has 26 heavy (non-hydrogen) atoms. The highest BCUT2D eigenvalue weighted by molar-refractivity contribution is 7.12. The van der Waals surface area contributed by atoms with Crippen molar-refractivity contribution in [2.45, 2.75) is 20.8 Å². The number of urea groups is 1. The molecule has 0 fully saturated rings. The number of nitrogens with one attached hydrogen (secondary N) is 2. The van der Waals surface area contributed by atoms with Crippen LogP contribution in [0, 0.1) is 20.8 Å². The van der Waals surface area contributed by atoms with Gasteiger partial charge in [-0.25, -0.2) is 9.59 Å². The van der Waals surface area contributed by atoms with Crippen LogP contribution in [0.2, 0.25) is 0 Å². The van der Waals surface area contributed by atoms with Crippen LogP contribution in [0.1, 0.15) is 20.9 Å². The van der Waals surface area contributed by atoms with Crippen molar-refractivity contribution in [3.05, 3.63) is 57.3 Å². The van der Waals surface area contributed by atoms with E-state index in [2.05, 4.69) is 10.6 Å². The fourth-order valence-electron chi connectivity index (χ4n) is 2.02. The minimum atomic E-state index is -0.708. The van der Waals surface area contributed by atoms with E-state index in [0.29, 0.717) is 5.69 Å². The van der Waals surface area contributed by atoms with Gasteiger partial charge in [-0.2, -0.15) is 0 Å². The molecule has 3 amide bonds. The van der Waals surface area contributed by atoms with E-state index in [1.807, 2.05) is 39.0 Å². The highest BCUT2D eigenvalue weighted by Crippen LogP contribution is 2.16. The molecule has 7 heteroatoms. The van der Waals surface area contributed by atoms with Crippen molar-refractivity contribution in [1.82, 2.24) is 5.32 Å². The monoisotopic (exact) mass is 372 g/mol. The van der Waals surface area contributed by atoms with E-state index in [9.17, 15) is 14.4 Å². The minimum Gasteiger partial charge on any atom is -0.452 e. The lowest BCUT2D eigenvalue weighted by molar-refractivity contribution is -0.143. The third-order valence-electron chi connectivity index (χ3n) is 3.51. The molecule has 1 aromatic carbocycles.